The Kier molecular flexibility index (Phi) is 6.68. The first-order valence-corrected chi connectivity index (χ1v) is 4.43. The summed E-state index contributed by atoms with van der Waals surface area (Å²) in [7, 11) is 0. The molecule has 0 aromatic heterocycles. The Morgan fingerprint density at radius 2 is 2.23 bits per heavy atom. The van der Waals surface area contributed by atoms with Crippen LogP contribution >= 0.6 is 0 Å². The number of rotatable bonds is 6. The van der Waals surface area contributed by atoms with Crippen molar-refractivity contribution in [2.45, 2.75) is 32.6 Å². The Morgan fingerprint density at radius 1 is 1.54 bits per heavy atom. The number of nitrogens with two attached hydrogens (primary N) is 1. The van der Waals surface area contributed by atoms with E-state index in [9.17, 15) is 4.79 Å². The molecule has 0 aliphatic heterocycles. The molecule has 4 N–H and O–H groups in total. The maximum atomic E-state index is 10.8. The molecule has 0 aromatic rings. The second-order valence-electron chi connectivity index (χ2n) is 2.75. The highest BCUT2D eigenvalue weighted by atomic mass is 16.4. The maximum Gasteiger partial charge on any atom is 0.219 e. The van der Waals surface area contributed by atoms with E-state index in [2.05, 4.69) is 10.5 Å². The fourth-order valence-corrected chi connectivity index (χ4v) is 0.834. The van der Waals surface area contributed by atoms with Gasteiger partial charge in [0.25, 0.3) is 0 Å². The van der Waals surface area contributed by atoms with E-state index in [1.54, 1.807) is 0 Å². The van der Waals surface area contributed by atoms with Crippen LogP contribution in [-0.2, 0) is 4.79 Å². The zero-order chi connectivity index (χ0) is 10.1. The molecule has 5 nitrogen and oxygen atoms in total. The first kappa shape index (κ1) is 11.7. The SMILES string of the molecule is CCC(=O)NCCCCC(N)=NO. The zero-order valence-electron chi connectivity index (χ0n) is 7.92. The summed E-state index contributed by atoms with van der Waals surface area (Å²) in [6, 6.07) is 0. The second-order valence-corrected chi connectivity index (χ2v) is 2.75. The quantitative estimate of drug-likeness (QED) is 0.185. The van der Waals surface area contributed by atoms with Crippen LogP contribution in [-0.4, -0.2) is 23.5 Å². The van der Waals surface area contributed by atoms with Crippen LogP contribution < -0.4 is 11.1 Å². The maximum absolute atomic E-state index is 10.8. The van der Waals surface area contributed by atoms with Crippen molar-refractivity contribution in [1.82, 2.24) is 5.32 Å². The molecule has 0 aromatic carbocycles. The fourth-order valence-electron chi connectivity index (χ4n) is 0.834. The van der Waals surface area contributed by atoms with Gasteiger partial charge in [-0.15, -0.1) is 0 Å². The molecule has 1 amide bonds. The van der Waals surface area contributed by atoms with Crippen LogP contribution in [0.15, 0.2) is 5.16 Å². The van der Waals surface area contributed by atoms with Gasteiger partial charge in [0.15, 0.2) is 0 Å². The van der Waals surface area contributed by atoms with Crippen LogP contribution in [0.25, 0.3) is 0 Å². The third kappa shape index (κ3) is 7.11. The van der Waals surface area contributed by atoms with E-state index < -0.39 is 0 Å². The molecule has 0 spiro atoms. The summed E-state index contributed by atoms with van der Waals surface area (Å²) in [6.45, 7) is 2.47. The number of unbranched alkanes of at least 4 members (excludes halogenated alkanes) is 1. The minimum atomic E-state index is 0.0591. The highest BCUT2D eigenvalue weighted by molar-refractivity contribution is 5.79. The number of oxime groups is 1. The molecule has 13 heavy (non-hydrogen) atoms. The van der Waals surface area contributed by atoms with E-state index in [4.69, 9.17) is 10.9 Å². The molecular weight excluding hydrogens is 170 g/mol. The average molecular weight is 187 g/mol. The molecule has 76 valence electrons. The van der Waals surface area contributed by atoms with Gasteiger partial charge in [-0.2, -0.15) is 0 Å². The van der Waals surface area contributed by atoms with E-state index in [0.29, 0.717) is 19.4 Å². The summed E-state index contributed by atoms with van der Waals surface area (Å²) in [5.41, 5.74) is 5.25. The van der Waals surface area contributed by atoms with Gasteiger partial charge < -0.3 is 16.3 Å². The number of hydrogen-bond acceptors (Lipinski definition) is 3. The molecule has 0 saturated heterocycles. The molecule has 0 unspecified atom stereocenters. The molecule has 0 radical (unpaired) electrons. The molecule has 0 atom stereocenters. The van der Waals surface area contributed by atoms with E-state index in [0.717, 1.165) is 12.8 Å². The first-order valence-electron chi connectivity index (χ1n) is 4.43. The van der Waals surface area contributed by atoms with Gasteiger partial charge >= 0.3 is 0 Å². The Labute approximate surface area is 78.0 Å². The van der Waals surface area contributed by atoms with Crippen LogP contribution in [0, 0.1) is 0 Å². The Morgan fingerprint density at radius 3 is 2.77 bits per heavy atom. The van der Waals surface area contributed by atoms with Gasteiger partial charge in [-0.25, -0.2) is 0 Å². The van der Waals surface area contributed by atoms with Crippen molar-refractivity contribution in [1.29, 1.82) is 0 Å². The van der Waals surface area contributed by atoms with Crippen molar-refractivity contribution in [2.24, 2.45) is 10.9 Å². The topological polar surface area (TPSA) is 87.7 Å². The summed E-state index contributed by atoms with van der Waals surface area (Å²) in [6.07, 6.45) is 2.75. The first-order chi connectivity index (χ1) is 6.20. The van der Waals surface area contributed by atoms with Crippen LogP contribution in [0.2, 0.25) is 0 Å². The van der Waals surface area contributed by atoms with Crippen molar-refractivity contribution >= 4 is 11.7 Å². The van der Waals surface area contributed by atoms with Crippen molar-refractivity contribution < 1.29 is 10.0 Å². The van der Waals surface area contributed by atoms with Crippen LogP contribution in [0.3, 0.4) is 0 Å². The summed E-state index contributed by atoms with van der Waals surface area (Å²) >= 11 is 0. The molecule has 0 heterocycles. The van der Waals surface area contributed by atoms with Gasteiger partial charge in [0, 0.05) is 19.4 Å². The number of amidine groups is 1. The largest absolute Gasteiger partial charge is 0.409 e. The fraction of sp³-hybridized carbons (Fsp3) is 0.750. The Balaban J connectivity index is 3.22. The standard InChI is InChI=1S/C8H17N3O2/c1-2-8(12)10-6-4-3-5-7(9)11-13/h13H,2-6H2,1H3,(H2,9,11)(H,10,12). The molecular formula is C8H17N3O2. The van der Waals surface area contributed by atoms with E-state index in [1.807, 2.05) is 6.92 Å². The number of hydrogen-bond donors (Lipinski definition) is 3. The molecule has 0 aliphatic carbocycles. The minimum absolute atomic E-state index is 0.0591. The predicted molar refractivity (Wildman–Crippen MR) is 50.6 cm³/mol. The Bertz CT molecular complexity index is 180. The van der Waals surface area contributed by atoms with Crippen molar-refractivity contribution in [2.75, 3.05) is 6.54 Å². The lowest BCUT2D eigenvalue weighted by Crippen LogP contribution is -2.23. The van der Waals surface area contributed by atoms with Gasteiger partial charge in [0.05, 0.1) is 0 Å². The van der Waals surface area contributed by atoms with Crippen molar-refractivity contribution in [3.63, 3.8) is 0 Å². The smallest absolute Gasteiger partial charge is 0.219 e. The monoisotopic (exact) mass is 187 g/mol. The van der Waals surface area contributed by atoms with E-state index >= 15 is 0 Å². The lowest BCUT2D eigenvalue weighted by atomic mass is 10.2. The molecule has 0 aliphatic rings. The highest BCUT2D eigenvalue weighted by Gasteiger charge is 1.96. The van der Waals surface area contributed by atoms with E-state index in [1.165, 1.54) is 0 Å². The number of carbonyl (C=O) groups excluding carboxylic acids is 1. The number of carbonyl (C=O) groups is 1. The predicted octanol–water partition coefficient (Wildman–Crippen LogP) is 0.429. The van der Waals surface area contributed by atoms with E-state index in [-0.39, 0.29) is 11.7 Å². The van der Waals surface area contributed by atoms with Gasteiger partial charge in [-0.1, -0.05) is 12.1 Å². The van der Waals surface area contributed by atoms with Gasteiger partial charge in [0.2, 0.25) is 5.91 Å². The third-order valence-corrected chi connectivity index (χ3v) is 1.63. The van der Waals surface area contributed by atoms with Gasteiger partial charge in [-0.3, -0.25) is 4.79 Å². The highest BCUT2D eigenvalue weighted by Crippen LogP contribution is 1.93. The normalized spacial score (nSPS) is 11.3. The lowest BCUT2D eigenvalue weighted by Gasteiger charge is -2.02. The third-order valence-electron chi connectivity index (χ3n) is 1.63. The second kappa shape index (κ2) is 7.39. The van der Waals surface area contributed by atoms with Crippen molar-refractivity contribution in [3.05, 3.63) is 0 Å². The molecule has 0 rings (SSSR count). The average Bonchev–Trinajstić information content (AvgIpc) is 2.16. The summed E-state index contributed by atoms with van der Waals surface area (Å²) < 4.78 is 0. The lowest BCUT2D eigenvalue weighted by molar-refractivity contribution is -0.120. The number of amides is 1. The Hall–Kier alpha value is -1.26. The van der Waals surface area contributed by atoms with Crippen molar-refractivity contribution in [3.8, 4) is 0 Å². The molecule has 0 bridgehead atoms. The van der Waals surface area contributed by atoms with Crippen LogP contribution in [0.5, 0.6) is 0 Å². The number of nitrogens with one attached hydrogen (secondary N) is 1. The molecule has 5 heteroatoms. The number of nitrogens with zero attached hydrogens (tertiary/aromatic N) is 1. The van der Waals surface area contributed by atoms with Crippen LogP contribution in [0.1, 0.15) is 32.6 Å². The summed E-state index contributed by atoms with van der Waals surface area (Å²) in [5, 5.41) is 13.8. The van der Waals surface area contributed by atoms with Gasteiger partial charge in [-0.05, 0) is 12.8 Å². The van der Waals surface area contributed by atoms with Crippen LogP contribution in [0.4, 0.5) is 0 Å². The minimum Gasteiger partial charge on any atom is -0.409 e. The molecule has 0 saturated carbocycles. The zero-order valence-corrected chi connectivity index (χ0v) is 7.92. The molecule has 0 fully saturated rings. The summed E-state index contributed by atoms with van der Waals surface area (Å²) in [4.78, 5) is 10.8. The van der Waals surface area contributed by atoms with Gasteiger partial charge in [0.1, 0.15) is 5.84 Å². The summed E-state index contributed by atoms with van der Waals surface area (Å²) in [5.74, 6) is 0.297.